The third kappa shape index (κ3) is 4.31. The summed E-state index contributed by atoms with van der Waals surface area (Å²) < 4.78 is 16.2. The number of anilines is 1. The van der Waals surface area contributed by atoms with Crippen LogP contribution in [-0.4, -0.2) is 25.1 Å². The van der Waals surface area contributed by atoms with Crippen molar-refractivity contribution in [2.24, 2.45) is 0 Å². The lowest BCUT2D eigenvalue weighted by atomic mass is 10.1. The molecule has 0 unspecified atom stereocenters. The van der Waals surface area contributed by atoms with Gasteiger partial charge in [-0.1, -0.05) is 6.07 Å². The molecule has 0 fully saturated rings. The van der Waals surface area contributed by atoms with Crippen LogP contribution in [0.1, 0.15) is 16.1 Å². The van der Waals surface area contributed by atoms with Gasteiger partial charge in [0.1, 0.15) is 12.4 Å². The zero-order valence-electron chi connectivity index (χ0n) is 14.4. The SMILES string of the molecule is COc1cccc(NC(=O)c2ccc(OCc3cscn3)c(OC)c2)c1. The summed E-state index contributed by atoms with van der Waals surface area (Å²) in [7, 11) is 3.12. The molecule has 134 valence electrons. The lowest BCUT2D eigenvalue weighted by Crippen LogP contribution is -2.12. The summed E-state index contributed by atoms with van der Waals surface area (Å²) in [4.78, 5) is 16.7. The number of hydrogen-bond donors (Lipinski definition) is 1. The molecule has 0 aliphatic carbocycles. The molecule has 6 nitrogen and oxygen atoms in total. The zero-order valence-corrected chi connectivity index (χ0v) is 15.2. The summed E-state index contributed by atoms with van der Waals surface area (Å²) in [6.45, 7) is 0.342. The first-order valence-electron chi connectivity index (χ1n) is 7.83. The molecule has 26 heavy (non-hydrogen) atoms. The summed E-state index contributed by atoms with van der Waals surface area (Å²) >= 11 is 1.51. The maximum atomic E-state index is 12.5. The topological polar surface area (TPSA) is 69.7 Å². The van der Waals surface area contributed by atoms with E-state index in [9.17, 15) is 4.79 Å². The highest BCUT2D eigenvalue weighted by Gasteiger charge is 2.12. The van der Waals surface area contributed by atoms with Crippen molar-refractivity contribution in [3.8, 4) is 17.2 Å². The second kappa shape index (κ2) is 8.35. The molecular weight excluding hydrogens is 352 g/mol. The van der Waals surface area contributed by atoms with Crippen molar-refractivity contribution in [3.05, 3.63) is 64.6 Å². The van der Waals surface area contributed by atoms with Gasteiger partial charge in [-0.3, -0.25) is 4.79 Å². The van der Waals surface area contributed by atoms with E-state index < -0.39 is 0 Å². The van der Waals surface area contributed by atoms with Crippen LogP contribution in [0.25, 0.3) is 0 Å². The molecule has 0 bridgehead atoms. The summed E-state index contributed by atoms with van der Waals surface area (Å²) in [5.41, 5.74) is 3.71. The van der Waals surface area contributed by atoms with Gasteiger partial charge in [-0.2, -0.15) is 0 Å². The van der Waals surface area contributed by atoms with Crippen LogP contribution < -0.4 is 19.5 Å². The van der Waals surface area contributed by atoms with Crippen LogP contribution in [0.3, 0.4) is 0 Å². The second-order valence-electron chi connectivity index (χ2n) is 5.32. The van der Waals surface area contributed by atoms with Crippen LogP contribution in [0.15, 0.2) is 53.4 Å². The Morgan fingerprint density at radius 3 is 2.73 bits per heavy atom. The van der Waals surface area contributed by atoms with Crippen molar-refractivity contribution in [3.63, 3.8) is 0 Å². The van der Waals surface area contributed by atoms with Crippen molar-refractivity contribution >= 4 is 22.9 Å². The molecule has 0 aliphatic heterocycles. The minimum Gasteiger partial charge on any atom is -0.497 e. The minimum absolute atomic E-state index is 0.248. The molecule has 7 heteroatoms. The molecule has 1 aromatic heterocycles. The Labute approximate surface area is 155 Å². The maximum Gasteiger partial charge on any atom is 0.255 e. The summed E-state index contributed by atoms with van der Waals surface area (Å²) in [6, 6.07) is 12.2. The first kappa shape index (κ1) is 17.8. The fourth-order valence-electron chi connectivity index (χ4n) is 2.29. The molecule has 1 N–H and O–H groups in total. The van der Waals surface area contributed by atoms with Gasteiger partial charge in [0.2, 0.25) is 0 Å². The van der Waals surface area contributed by atoms with E-state index in [2.05, 4.69) is 10.3 Å². The maximum absolute atomic E-state index is 12.5. The van der Waals surface area contributed by atoms with Gasteiger partial charge in [-0.05, 0) is 30.3 Å². The number of thiazole rings is 1. The summed E-state index contributed by atoms with van der Waals surface area (Å²) in [5, 5.41) is 4.75. The highest BCUT2D eigenvalue weighted by atomic mass is 32.1. The molecule has 1 heterocycles. The van der Waals surface area contributed by atoms with Crippen molar-refractivity contribution in [1.29, 1.82) is 0 Å². The molecule has 0 saturated heterocycles. The van der Waals surface area contributed by atoms with Gasteiger partial charge < -0.3 is 19.5 Å². The number of methoxy groups -OCH3 is 2. The minimum atomic E-state index is -0.248. The quantitative estimate of drug-likeness (QED) is 0.681. The number of aromatic nitrogens is 1. The van der Waals surface area contributed by atoms with Crippen LogP contribution >= 0.6 is 11.3 Å². The van der Waals surface area contributed by atoms with E-state index in [-0.39, 0.29) is 5.91 Å². The lowest BCUT2D eigenvalue weighted by molar-refractivity contribution is 0.102. The molecule has 3 aromatic rings. The van der Waals surface area contributed by atoms with Crippen molar-refractivity contribution in [2.45, 2.75) is 6.61 Å². The Hall–Kier alpha value is -3.06. The van der Waals surface area contributed by atoms with Crippen molar-refractivity contribution < 1.29 is 19.0 Å². The van der Waals surface area contributed by atoms with Crippen LogP contribution in [0.4, 0.5) is 5.69 Å². The van der Waals surface area contributed by atoms with E-state index in [1.54, 1.807) is 43.0 Å². The van der Waals surface area contributed by atoms with Gasteiger partial charge >= 0.3 is 0 Å². The number of nitrogens with one attached hydrogen (secondary N) is 1. The Kier molecular flexibility index (Phi) is 5.70. The summed E-state index contributed by atoms with van der Waals surface area (Å²) in [6.07, 6.45) is 0. The number of benzene rings is 2. The molecule has 0 aliphatic rings. The number of rotatable bonds is 7. The van der Waals surface area contributed by atoms with Crippen LogP contribution in [0, 0.1) is 0 Å². The number of carbonyl (C=O) groups excluding carboxylic acids is 1. The highest BCUT2D eigenvalue weighted by Crippen LogP contribution is 2.29. The predicted octanol–water partition coefficient (Wildman–Crippen LogP) is 3.99. The third-order valence-corrected chi connectivity index (χ3v) is 4.25. The number of ether oxygens (including phenoxy) is 3. The average Bonchev–Trinajstić information content (AvgIpc) is 3.20. The molecule has 1 amide bonds. The molecule has 0 radical (unpaired) electrons. The number of hydrogen-bond acceptors (Lipinski definition) is 6. The van der Waals surface area contributed by atoms with E-state index >= 15 is 0 Å². The second-order valence-corrected chi connectivity index (χ2v) is 6.04. The molecule has 0 saturated carbocycles. The van der Waals surface area contributed by atoms with Crippen molar-refractivity contribution in [2.75, 3.05) is 19.5 Å². The van der Waals surface area contributed by atoms with Gasteiger partial charge in [-0.15, -0.1) is 11.3 Å². The van der Waals surface area contributed by atoms with Gasteiger partial charge in [0, 0.05) is 22.7 Å². The average molecular weight is 370 g/mol. The molecule has 0 atom stereocenters. The Balaban J connectivity index is 1.72. The highest BCUT2D eigenvalue weighted by molar-refractivity contribution is 7.07. The van der Waals surface area contributed by atoms with Crippen LogP contribution in [-0.2, 0) is 6.61 Å². The first-order valence-corrected chi connectivity index (χ1v) is 8.77. The monoisotopic (exact) mass is 370 g/mol. The van der Waals surface area contributed by atoms with Gasteiger partial charge in [-0.25, -0.2) is 4.98 Å². The molecule has 0 spiro atoms. The van der Waals surface area contributed by atoms with E-state index in [0.29, 0.717) is 35.1 Å². The smallest absolute Gasteiger partial charge is 0.255 e. The van der Waals surface area contributed by atoms with Crippen LogP contribution in [0.5, 0.6) is 17.2 Å². The normalized spacial score (nSPS) is 10.2. The molecular formula is C19H18N2O4S. The zero-order chi connectivity index (χ0) is 18.4. The van der Waals surface area contributed by atoms with E-state index in [1.165, 1.54) is 18.4 Å². The Morgan fingerprint density at radius 1 is 1.12 bits per heavy atom. The van der Waals surface area contributed by atoms with Crippen molar-refractivity contribution in [1.82, 2.24) is 4.98 Å². The number of amides is 1. The molecule has 3 rings (SSSR count). The number of nitrogens with zero attached hydrogens (tertiary/aromatic N) is 1. The fraction of sp³-hybridized carbons (Fsp3) is 0.158. The van der Waals surface area contributed by atoms with Gasteiger partial charge in [0.25, 0.3) is 5.91 Å². The Morgan fingerprint density at radius 2 is 2.00 bits per heavy atom. The standard InChI is InChI=1S/C19H18N2O4S/c1-23-16-5-3-4-14(9-16)21-19(22)13-6-7-17(18(8-13)24-2)25-10-15-11-26-12-20-15/h3-9,11-12H,10H2,1-2H3,(H,21,22). The predicted molar refractivity (Wildman–Crippen MR) is 100 cm³/mol. The van der Waals surface area contributed by atoms with E-state index in [1.807, 2.05) is 17.5 Å². The largest absolute Gasteiger partial charge is 0.497 e. The van der Waals surface area contributed by atoms with Crippen LogP contribution in [0.2, 0.25) is 0 Å². The molecule has 2 aromatic carbocycles. The summed E-state index contributed by atoms with van der Waals surface area (Å²) in [5.74, 6) is 1.46. The third-order valence-electron chi connectivity index (χ3n) is 3.61. The van der Waals surface area contributed by atoms with E-state index in [0.717, 1.165) is 5.69 Å². The lowest BCUT2D eigenvalue weighted by Gasteiger charge is -2.12. The fourth-order valence-corrected chi connectivity index (χ4v) is 2.84. The van der Waals surface area contributed by atoms with E-state index in [4.69, 9.17) is 14.2 Å². The van der Waals surface area contributed by atoms with Gasteiger partial charge in [0.15, 0.2) is 11.5 Å². The number of carbonyl (C=O) groups is 1. The Bertz CT molecular complexity index is 881. The first-order chi connectivity index (χ1) is 12.7. The van der Waals surface area contributed by atoms with Gasteiger partial charge in [0.05, 0.1) is 25.4 Å².